The third-order valence-corrected chi connectivity index (χ3v) is 11.7. The molecule has 4 aromatic heterocycles. The number of carbonyl (C=O) groups is 2. The van der Waals surface area contributed by atoms with Crippen molar-refractivity contribution in [1.82, 2.24) is 0 Å². The topological polar surface area (TPSA) is 34.1 Å². The minimum Gasteiger partial charge on any atom is -0.287 e. The molecular weight excluding hydrogens is 704 g/mol. The van der Waals surface area contributed by atoms with Crippen molar-refractivity contribution in [2.24, 2.45) is 0 Å². The highest BCUT2D eigenvalue weighted by Crippen LogP contribution is 2.43. The van der Waals surface area contributed by atoms with Gasteiger partial charge in [-0.1, -0.05) is 0 Å². The van der Waals surface area contributed by atoms with Crippen LogP contribution < -0.4 is 0 Å². The Labute approximate surface area is 268 Å². The average molecular weight is 715 g/mol. The van der Waals surface area contributed by atoms with Crippen molar-refractivity contribution in [3.63, 3.8) is 0 Å². The summed E-state index contributed by atoms with van der Waals surface area (Å²) < 4.78 is 126. The zero-order valence-electron chi connectivity index (χ0n) is 22.5. The molecule has 0 fully saturated rings. The maximum absolute atomic E-state index is 14.4. The Morgan fingerprint density at radius 3 is 1.00 bits per heavy atom. The number of benzene rings is 2. The normalized spacial score (nSPS) is 11.4. The van der Waals surface area contributed by atoms with Crippen molar-refractivity contribution < 1.29 is 49.1 Å². The molecule has 0 unspecified atom stereocenters. The Kier molecular flexibility index (Phi) is 8.29. The number of thiophene rings is 4. The van der Waals surface area contributed by atoms with Crippen molar-refractivity contribution in [2.45, 2.75) is 6.92 Å². The number of hydrogen-bond donors (Lipinski definition) is 0. The number of halogens is 9. The summed E-state index contributed by atoms with van der Waals surface area (Å²) in [7, 11) is 0. The standard InChI is InChI=1S/C31H11F9O2S4/c1-10-21(32)23(34)19(24(35)22(10)33)30(41)17-8-6-15(45-17)13-4-2-11(43-13)12-3-5-14(44-12)16-7-9-18(46-16)31(42)20-25(36)27(38)29(40)28(39)26(20)37/h2-9H,1H3. The van der Waals surface area contributed by atoms with Crippen LogP contribution in [0.2, 0.25) is 0 Å². The molecule has 0 aliphatic heterocycles. The van der Waals surface area contributed by atoms with Crippen LogP contribution >= 0.6 is 45.3 Å². The van der Waals surface area contributed by atoms with Crippen LogP contribution in [0, 0.1) is 59.3 Å². The van der Waals surface area contributed by atoms with Gasteiger partial charge >= 0.3 is 0 Å². The third-order valence-electron chi connectivity index (χ3n) is 6.75. The van der Waals surface area contributed by atoms with E-state index in [0.29, 0.717) is 19.5 Å². The van der Waals surface area contributed by atoms with Crippen LogP contribution in [0.4, 0.5) is 39.5 Å². The molecule has 6 rings (SSSR count). The molecule has 0 atom stereocenters. The van der Waals surface area contributed by atoms with Gasteiger partial charge in [-0.05, 0) is 55.5 Å². The van der Waals surface area contributed by atoms with Gasteiger partial charge in [0.15, 0.2) is 46.5 Å². The maximum Gasteiger partial charge on any atom is 0.209 e. The molecule has 0 aliphatic rings. The van der Waals surface area contributed by atoms with E-state index in [4.69, 9.17) is 0 Å². The van der Waals surface area contributed by atoms with E-state index in [2.05, 4.69) is 0 Å². The van der Waals surface area contributed by atoms with Crippen molar-refractivity contribution in [3.8, 4) is 29.3 Å². The minimum atomic E-state index is -2.37. The van der Waals surface area contributed by atoms with Crippen LogP contribution in [0.25, 0.3) is 29.3 Å². The highest BCUT2D eigenvalue weighted by molar-refractivity contribution is 7.29. The van der Waals surface area contributed by atoms with E-state index in [-0.39, 0.29) is 9.75 Å². The Morgan fingerprint density at radius 1 is 0.391 bits per heavy atom. The lowest BCUT2D eigenvalue weighted by Crippen LogP contribution is -2.12. The largest absolute Gasteiger partial charge is 0.287 e. The number of hydrogen-bond acceptors (Lipinski definition) is 6. The summed E-state index contributed by atoms with van der Waals surface area (Å²) in [5.74, 6) is -20.7. The summed E-state index contributed by atoms with van der Waals surface area (Å²) in [5.41, 5.74) is -3.74. The molecule has 6 aromatic rings. The van der Waals surface area contributed by atoms with E-state index in [1.807, 2.05) is 0 Å². The lowest BCUT2D eigenvalue weighted by atomic mass is 10.0. The van der Waals surface area contributed by atoms with Gasteiger partial charge in [-0.15, -0.1) is 45.3 Å². The fourth-order valence-corrected chi connectivity index (χ4v) is 8.57. The predicted molar refractivity (Wildman–Crippen MR) is 158 cm³/mol. The molecule has 0 saturated carbocycles. The number of ketones is 2. The van der Waals surface area contributed by atoms with Crippen molar-refractivity contribution in [1.29, 1.82) is 0 Å². The zero-order valence-corrected chi connectivity index (χ0v) is 25.7. The fraction of sp³-hybridized carbons (Fsp3) is 0.0323. The van der Waals surface area contributed by atoms with Crippen LogP contribution in [-0.4, -0.2) is 11.6 Å². The molecule has 0 aliphatic carbocycles. The minimum absolute atomic E-state index is 0.141. The highest BCUT2D eigenvalue weighted by atomic mass is 32.1. The fourth-order valence-electron chi connectivity index (χ4n) is 4.38. The molecule has 46 heavy (non-hydrogen) atoms. The smallest absolute Gasteiger partial charge is 0.209 e. The van der Waals surface area contributed by atoms with Gasteiger partial charge in [0.25, 0.3) is 0 Å². The second-order valence-electron chi connectivity index (χ2n) is 9.51. The first-order valence-corrected chi connectivity index (χ1v) is 15.9. The van der Waals surface area contributed by atoms with Crippen molar-refractivity contribution in [3.05, 3.63) is 127 Å². The summed E-state index contributed by atoms with van der Waals surface area (Å²) in [5, 5.41) is 0. The molecule has 2 aromatic carbocycles. The molecule has 4 heterocycles. The summed E-state index contributed by atoms with van der Waals surface area (Å²) >= 11 is 4.26. The zero-order chi connectivity index (χ0) is 33.2. The van der Waals surface area contributed by atoms with Crippen LogP contribution in [0.1, 0.15) is 36.0 Å². The summed E-state index contributed by atoms with van der Waals surface area (Å²) in [6.45, 7) is 0.852. The highest BCUT2D eigenvalue weighted by Gasteiger charge is 2.32. The molecule has 0 radical (unpaired) electrons. The third kappa shape index (κ3) is 5.20. The average Bonchev–Trinajstić information content (AvgIpc) is 3.86. The van der Waals surface area contributed by atoms with Crippen LogP contribution in [0.5, 0.6) is 0 Å². The SMILES string of the molecule is Cc1c(F)c(F)c(C(=O)c2ccc(-c3ccc(-c4ccc(-c5ccc(C(=O)c6c(F)c(F)c(F)c(F)c6F)s5)s4)s3)s2)c(F)c1F. The first-order chi connectivity index (χ1) is 21.8. The lowest BCUT2D eigenvalue weighted by molar-refractivity contribution is 0.102. The van der Waals surface area contributed by atoms with Crippen LogP contribution in [-0.2, 0) is 0 Å². The number of carbonyl (C=O) groups excluding carboxylic acids is 2. The van der Waals surface area contributed by atoms with E-state index in [1.54, 1.807) is 24.3 Å². The number of rotatable bonds is 7. The molecule has 234 valence electrons. The van der Waals surface area contributed by atoms with Crippen LogP contribution in [0.15, 0.2) is 48.5 Å². The summed E-state index contributed by atoms with van der Waals surface area (Å²) in [6, 6.07) is 12.5. The van der Waals surface area contributed by atoms with Gasteiger partial charge in [-0.25, -0.2) is 39.5 Å². The van der Waals surface area contributed by atoms with Crippen molar-refractivity contribution in [2.75, 3.05) is 0 Å². The second-order valence-corrected chi connectivity index (χ2v) is 13.8. The molecule has 0 amide bonds. The Morgan fingerprint density at radius 2 is 0.652 bits per heavy atom. The Hall–Kier alpha value is -4.05. The molecule has 0 N–H and O–H groups in total. The second kappa shape index (κ2) is 12.0. The summed E-state index contributed by atoms with van der Waals surface area (Å²) in [4.78, 5) is 29.0. The van der Waals surface area contributed by atoms with Gasteiger partial charge in [-0.3, -0.25) is 9.59 Å². The quantitative estimate of drug-likeness (QED) is 0.0714. The molecule has 2 nitrogen and oxygen atoms in total. The lowest BCUT2D eigenvalue weighted by Gasteiger charge is -2.07. The molecule has 0 spiro atoms. The molecular formula is C31H11F9O2S4. The molecule has 0 bridgehead atoms. The van der Waals surface area contributed by atoms with E-state index in [0.717, 1.165) is 39.4 Å². The Bertz CT molecular complexity index is 2010. The van der Waals surface area contributed by atoms with Gasteiger partial charge in [-0.2, -0.15) is 0 Å². The van der Waals surface area contributed by atoms with Crippen molar-refractivity contribution >= 4 is 56.9 Å². The molecule has 0 saturated heterocycles. The van der Waals surface area contributed by atoms with E-state index < -0.39 is 80.6 Å². The van der Waals surface area contributed by atoms with E-state index in [1.165, 1.54) is 46.9 Å². The van der Waals surface area contributed by atoms with Gasteiger partial charge in [0.05, 0.1) is 9.75 Å². The predicted octanol–water partition coefficient (Wildman–Crippen LogP) is 11.0. The van der Waals surface area contributed by atoms with Gasteiger partial charge < -0.3 is 0 Å². The first kappa shape index (κ1) is 31.9. The molecule has 15 heteroatoms. The van der Waals surface area contributed by atoms with E-state index in [9.17, 15) is 49.1 Å². The van der Waals surface area contributed by atoms with Crippen LogP contribution in [0.3, 0.4) is 0 Å². The Balaban J connectivity index is 1.23. The summed E-state index contributed by atoms with van der Waals surface area (Å²) in [6.07, 6.45) is 0. The maximum atomic E-state index is 14.4. The van der Waals surface area contributed by atoms with Gasteiger partial charge in [0.2, 0.25) is 17.4 Å². The van der Waals surface area contributed by atoms with E-state index >= 15 is 0 Å². The van der Waals surface area contributed by atoms with Gasteiger partial charge in [0.1, 0.15) is 11.1 Å². The monoisotopic (exact) mass is 714 g/mol. The first-order valence-electron chi connectivity index (χ1n) is 12.6. The van der Waals surface area contributed by atoms with Gasteiger partial charge in [0, 0.05) is 34.8 Å².